The second-order valence-corrected chi connectivity index (χ2v) is 5.27. The van der Waals surface area contributed by atoms with Gasteiger partial charge in [0, 0.05) is 11.5 Å². The summed E-state index contributed by atoms with van der Waals surface area (Å²) in [6.07, 6.45) is 2.00. The molecule has 20 heavy (non-hydrogen) atoms. The fourth-order valence-corrected chi connectivity index (χ4v) is 2.19. The summed E-state index contributed by atoms with van der Waals surface area (Å²) >= 11 is 0. The molecule has 0 bridgehead atoms. The number of nitrogens with two attached hydrogens (primary N) is 1. The van der Waals surface area contributed by atoms with Crippen molar-refractivity contribution in [3.05, 3.63) is 40.7 Å². The highest BCUT2D eigenvalue weighted by molar-refractivity contribution is 5.69. The van der Waals surface area contributed by atoms with Crippen LogP contribution in [-0.2, 0) is 0 Å². The minimum atomic E-state index is -0.629. The Kier molecular flexibility index (Phi) is 2.92. The predicted molar refractivity (Wildman–Crippen MR) is 73.2 cm³/mol. The minimum Gasteiger partial charge on any atom is -0.383 e. The van der Waals surface area contributed by atoms with E-state index in [2.05, 4.69) is 9.97 Å². The van der Waals surface area contributed by atoms with Crippen LogP contribution in [-0.4, -0.2) is 9.97 Å². The molecule has 0 radical (unpaired) electrons. The van der Waals surface area contributed by atoms with Crippen LogP contribution in [0.5, 0.6) is 0 Å². The zero-order valence-corrected chi connectivity index (χ0v) is 11.4. The van der Waals surface area contributed by atoms with Gasteiger partial charge in [0.1, 0.15) is 23.3 Å². The first-order chi connectivity index (χ1) is 9.49. The lowest BCUT2D eigenvalue weighted by atomic mass is 10.0. The average molecular weight is 275 g/mol. The van der Waals surface area contributed by atoms with E-state index in [0.717, 1.165) is 12.8 Å². The molecule has 1 fully saturated rings. The molecule has 1 aliphatic carbocycles. The highest BCUT2D eigenvalue weighted by atomic mass is 19.1. The van der Waals surface area contributed by atoms with Crippen molar-refractivity contribution >= 4 is 5.82 Å². The first-order valence-electron chi connectivity index (χ1n) is 6.58. The van der Waals surface area contributed by atoms with Crippen molar-refractivity contribution in [1.82, 2.24) is 9.97 Å². The van der Waals surface area contributed by atoms with Crippen molar-refractivity contribution in [1.29, 1.82) is 0 Å². The Balaban J connectivity index is 2.26. The third-order valence-corrected chi connectivity index (χ3v) is 3.66. The van der Waals surface area contributed by atoms with Gasteiger partial charge in [-0.05, 0) is 38.3 Å². The van der Waals surface area contributed by atoms with Gasteiger partial charge >= 0.3 is 0 Å². The van der Waals surface area contributed by atoms with Crippen LogP contribution in [0.1, 0.15) is 35.7 Å². The van der Waals surface area contributed by atoms with Gasteiger partial charge in [0.05, 0.1) is 11.3 Å². The van der Waals surface area contributed by atoms with Crippen LogP contribution < -0.4 is 5.73 Å². The Labute approximate surface area is 115 Å². The third kappa shape index (κ3) is 2.03. The summed E-state index contributed by atoms with van der Waals surface area (Å²) in [5, 5.41) is 0. The summed E-state index contributed by atoms with van der Waals surface area (Å²) in [5.41, 5.74) is 6.91. The van der Waals surface area contributed by atoms with E-state index in [9.17, 15) is 8.78 Å². The van der Waals surface area contributed by atoms with Crippen molar-refractivity contribution in [2.45, 2.75) is 32.6 Å². The van der Waals surface area contributed by atoms with Crippen molar-refractivity contribution in [3.63, 3.8) is 0 Å². The van der Waals surface area contributed by atoms with Gasteiger partial charge < -0.3 is 5.73 Å². The van der Waals surface area contributed by atoms with Gasteiger partial charge in [-0.1, -0.05) is 6.07 Å². The maximum absolute atomic E-state index is 14.3. The molecule has 3 rings (SSSR count). The second kappa shape index (κ2) is 4.51. The molecule has 0 atom stereocenters. The topological polar surface area (TPSA) is 51.8 Å². The zero-order valence-electron chi connectivity index (χ0n) is 11.4. The molecular weight excluding hydrogens is 260 g/mol. The maximum Gasteiger partial charge on any atom is 0.138 e. The largest absolute Gasteiger partial charge is 0.383 e. The molecule has 3 nitrogen and oxygen atoms in total. The van der Waals surface area contributed by atoms with E-state index >= 15 is 0 Å². The Bertz CT molecular complexity index is 694. The van der Waals surface area contributed by atoms with Crippen LogP contribution in [0.2, 0.25) is 0 Å². The van der Waals surface area contributed by atoms with Crippen LogP contribution >= 0.6 is 0 Å². The van der Waals surface area contributed by atoms with E-state index in [-0.39, 0.29) is 23.0 Å². The highest BCUT2D eigenvalue weighted by Gasteiger charge is 2.29. The molecule has 1 saturated carbocycles. The van der Waals surface area contributed by atoms with E-state index in [1.807, 2.05) is 0 Å². The van der Waals surface area contributed by atoms with Crippen LogP contribution in [0, 0.1) is 25.5 Å². The molecule has 0 unspecified atom stereocenters. The fourth-order valence-electron chi connectivity index (χ4n) is 2.19. The zero-order chi connectivity index (χ0) is 14.4. The molecule has 104 valence electrons. The van der Waals surface area contributed by atoms with E-state index in [1.54, 1.807) is 13.8 Å². The SMILES string of the molecule is Cc1ccc(F)c(-c2nc(C3CC3)nc(N)c2C)c1F. The lowest BCUT2D eigenvalue weighted by Crippen LogP contribution is -2.06. The summed E-state index contributed by atoms with van der Waals surface area (Å²) in [7, 11) is 0. The standard InChI is InChI=1S/C15H15F2N3/c1-7-3-6-10(16)11(12(7)17)13-8(2)14(18)20-15(19-13)9-4-5-9/h3,6,9H,4-5H2,1-2H3,(H2,18,19,20). The monoisotopic (exact) mass is 275 g/mol. The van der Waals surface area contributed by atoms with Crippen molar-refractivity contribution < 1.29 is 8.78 Å². The second-order valence-electron chi connectivity index (χ2n) is 5.27. The van der Waals surface area contributed by atoms with Gasteiger partial charge in [-0.15, -0.1) is 0 Å². The van der Waals surface area contributed by atoms with Crippen LogP contribution in [0.4, 0.5) is 14.6 Å². The first kappa shape index (κ1) is 13.0. The number of anilines is 1. The van der Waals surface area contributed by atoms with Crippen molar-refractivity contribution in [3.8, 4) is 11.3 Å². The highest BCUT2D eigenvalue weighted by Crippen LogP contribution is 2.40. The Morgan fingerprint density at radius 3 is 2.50 bits per heavy atom. The number of benzene rings is 1. The van der Waals surface area contributed by atoms with Gasteiger partial charge in [-0.2, -0.15) is 0 Å². The van der Waals surface area contributed by atoms with E-state index in [4.69, 9.17) is 5.73 Å². The lowest BCUT2D eigenvalue weighted by Gasteiger charge is -2.12. The van der Waals surface area contributed by atoms with E-state index in [0.29, 0.717) is 17.0 Å². The quantitative estimate of drug-likeness (QED) is 0.912. The number of rotatable bonds is 2. The molecular formula is C15H15F2N3. The molecule has 1 aromatic carbocycles. The summed E-state index contributed by atoms with van der Waals surface area (Å²) in [6, 6.07) is 2.66. The summed E-state index contributed by atoms with van der Waals surface area (Å²) in [4.78, 5) is 8.58. The third-order valence-electron chi connectivity index (χ3n) is 3.66. The van der Waals surface area contributed by atoms with Crippen LogP contribution in [0.3, 0.4) is 0 Å². The Morgan fingerprint density at radius 1 is 1.15 bits per heavy atom. The number of nitrogens with zero attached hydrogens (tertiary/aromatic N) is 2. The Hall–Kier alpha value is -2.04. The minimum absolute atomic E-state index is 0.112. The number of aromatic nitrogens is 2. The smallest absolute Gasteiger partial charge is 0.138 e. The average Bonchev–Trinajstić information content (AvgIpc) is 3.23. The van der Waals surface area contributed by atoms with Crippen LogP contribution in [0.25, 0.3) is 11.3 Å². The number of halogens is 2. The number of nitrogen functional groups attached to an aromatic ring is 1. The molecule has 1 aliphatic rings. The van der Waals surface area contributed by atoms with Gasteiger partial charge in [0.2, 0.25) is 0 Å². The summed E-state index contributed by atoms with van der Waals surface area (Å²) < 4.78 is 28.3. The molecule has 2 aromatic rings. The molecule has 0 saturated heterocycles. The molecule has 5 heteroatoms. The molecule has 0 spiro atoms. The number of hydrogen-bond donors (Lipinski definition) is 1. The fraction of sp³-hybridized carbons (Fsp3) is 0.333. The normalized spacial score (nSPS) is 14.6. The van der Waals surface area contributed by atoms with E-state index < -0.39 is 11.6 Å². The van der Waals surface area contributed by atoms with Crippen LogP contribution in [0.15, 0.2) is 12.1 Å². The van der Waals surface area contributed by atoms with Gasteiger partial charge in [-0.25, -0.2) is 18.7 Å². The molecule has 0 aliphatic heterocycles. The molecule has 1 aromatic heterocycles. The van der Waals surface area contributed by atoms with Gasteiger partial charge in [-0.3, -0.25) is 0 Å². The summed E-state index contributed by atoms with van der Waals surface area (Å²) in [5.74, 6) is -0.0720. The number of aryl methyl sites for hydroxylation is 1. The molecule has 1 heterocycles. The molecule has 2 N–H and O–H groups in total. The predicted octanol–water partition coefficient (Wildman–Crippen LogP) is 3.50. The van der Waals surface area contributed by atoms with Crippen molar-refractivity contribution in [2.24, 2.45) is 0 Å². The van der Waals surface area contributed by atoms with Gasteiger partial charge in [0.15, 0.2) is 0 Å². The van der Waals surface area contributed by atoms with Crippen molar-refractivity contribution in [2.75, 3.05) is 5.73 Å². The Morgan fingerprint density at radius 2 is 1.85 bits per heavy atom. The van der Waals surface area contributed by atoms with Gasteiger partial charge in [0.25, 0.3) is 0 Å². The maximum atomic E-state index is 14.3. The van der Waals surface area contributed by atoms with E-state index in [1.165, 1.54) is 12.1 Å². The molecule has 0 amide bonds. The lowest BCUT2D eigenvalue weighted by molar-refractivity contribution is 0.582. The number of hydrogen-bond acceptors (Lipinski definition) is 3. The summed E-state index contributed by atoms with van der Waals surface area (Å²) in [6.45, 7) is 3.28. The first-order valence-corrected chi connectivity index (χ1v) is 6.58.